The Morgan fingerprint density at radius 3 is 2.72 bits per heavy atom. The van der Waals surface area contributed by atoms with E-state index in [1.807, 2.05) is 0 Å². The average Bonchev–Trinajstić information content (AvgIpc) is 2.27. The van der Waals surface area contributed by atoms with Gasteiger partial charge in [0.25, 0.3) is 6.43 Å². The number of nitrogens with zero attached hydrogens (tertiary/aromatic N) is 2. The minimum absolute atomic E-state index is 0.0634. The number of carbonyl (C=O) groups excluding carboxylic acids is 1. The van der Waals surface area contributed by atoms with Gasteiger partial charge in [0.2, 0.25) is 5.69 Å². The first-order valence-corrected chi connectivity index (χ1v) is 4.78. The summed E-state index contributed by atoms with van der Waals surface area (Å²) in [5.74, 6) is -1.15. The lowest BCUT2D eigenvalue weighted by molar-refractivity contribution is -0.386. The molecule has 0 amide bonds. The van der Waals surface area contributed by atoms with Gasteiger partial charge in [-0.05, 0) is 6.92 Å². The van der Waals surface area contributed by atoms with Crippen LogP contribution in [0, 0.1) is 10.1 Å². The quantitative estimate of drug-likeness (QED) is 0.501. The Balaban J connectivity index is 3.49. The molecule has 0 atom stereocenters. The van der Waals surface area contributed by atoms with Crippen molar-refractivity contribution in [1.82, 2.24) is 4.98 Å². The van der Waals surface area contributed by atoms with Gasteiger partial charge in [-0.3, -0.25) is 10.1 Å². The molecule has 1 aromatic heterocycles. The summed E-state index contributed by atoms with van der Waals surface area (Å²) < 4.78 is 29.9. The lowest BCUT2D eigenvalue weighted by Gasteiger charge is -2.08. The Morgan fingerprint density at radius 2 is 2.28 bits per heavy atom. The standard InChI is InChI=1S/C9H9F2N3O4/c1-2-18-9(15)6-7(14(16)17)5(8(10)11)4(12)3-13-6/h3,8H,2,12H2,1H3. The molecule has 0 radical (unpaired) electrons. The molecule has 0 aliphatic carbocycles. The molecule has 0 saturated carbocycles. The van der Waals surface area contributed by atoms with E-state index in [0.717, 1.165) is 6.20 Å². The van der Waals surface area contributed by atoms with Gasteiger partial charge >= 0.3 is 11.7 Å². The molecule has 9 heteroatoms. The van der Waals surface area contributed by atoms with Crippen LogP contribution in [0.2, 0.25) is 0 Å². The highest BCUT2D eigenvalue weighted by atomic mass is 19.3. The smallest absolute Gasteiger partial charge is 0.364 e. The highest BCUT2D eigenvalue weighted by molar-refractivity contribution is 5.93. The molecule has 1 aromatic rings. The number of halogens is 2. The number of aromatic nitrogens is 1. The van der Waals surface area contributed by atoms with Crippen molar-refractivity contribution >= 4 is 17.3 Å². The van der Waals surface area contributed by atoms with E-state index in [2.05, 4.69) is 9.72 Å². The molecule has 0 unspecified atom stereocenters. The first-order chi connectivity index (χ1) is 8.40. The predicted molar refractivity (Wildman–Crippen MR) is 56.2 cm³/mol. The fraction of sp³-hybridized carbons (Fsp3) is 0.333. The molecule has 0 aromatic carbocycles. The van der Waals surface area contributed by atoms with Crippen molar-refractivity contribution in [2.75, 3.05) is 12.3 Å². The molecular formula is C9H9F2N3O4. The van der Waals surface area contributed by atoms with Crippen LogP contribution in [-0.4, -0.2) is 22.5 Å². The number of pyridine rings is 1. The maximum atomic E-state index is 12.7. The van der Waals surface area contributed by atoms with Gasteiger partial charge in [-0.15, -0.1) is 0 Å². The monoisotopic (exact) mass is 261 g/mol. The number of nitro groups is 1. The number of anilines is 1. The second kappa shape index (κ2) is 5.34. The first kappa shape index (κ1) is 13.7. The Morgan fingerprint density at radius 1 is 1.67 bits per heavy atom. The van der Waals surface area contributed by atoms with Gasteiger partial charge in [0.1, 0.15) is 5.56 Å². The molecule has 0 aliphatic rings. The van der Waals surface area contributed by atoms with Crippen LogP contribution in [0.15, 0.2) is 6.20 Å². The second-order valence-electron chi connectivity index (χ2n) is 3.10. The van der Waals surface area contributed by atoms with Gasteiger partial charge in [-0.1, -0.05) is 0 Å². The zero-order valence-corrected chi connectivity index (χ0v) is 9.22. The van der Waals surface area contributed by atoms with Gasteiger partial charge in [0, 0.05) is 0 Å². The van der Waals surface area contributed by atoms with E-state index in [1.54, 1.807) is 0 Å². The molecule has 0 spiro atoms. The Hall–Kier alpha value is -2.32. The number of carbonyl (C=O) groups is 1. The molecule has 1 heterocycles. The van der Waals surface area contributed by atoms with Crippen molar-refractivity contribution < 1.29 is 23.2 Å². The van der Waals surface area contributed by atoms with Crippen molar-refractivity contribution in [2.24, 2.45) is 0 Å². The molecule has 2 N–H and O–H groups in total. The fourth-order valence-electron chi connectivity index (χ4n) is 1.29. The summed E-state index contributed by atoms with van der Waals surface area (Å²) in [6.07, 6.45) is -2.43. The molecule has 18 heavy (non-hydrogen) atoms. The van der Waals surface area contributed by atoms with E-state index in [1.165, 1.54) is 6.92 Å². The fourth-order valence-corrected chi connectivity index (χ4v) is 1.29. The molecule has 98 valence electrons. The Bertz CT molecular complexity index is 493. The molecule has 0 aliphatic heterocycles. The van der Waals surface area contributed by atoms with Gasteiger partial charge in [-0.2, -0.15) is 0 Å². The topological polar surface area (TPSA) is 108 Å². The lowest BCUT2D eigenvalue weighted by atomic mass is 10.1. The number of ether oxygens (including phenoxy) is 1. The van der Waals surface area contributed by atoms with Crippen LogP contribution in [0.1, 0.15) is 29.4 Å². The number of alkyl halides is 2. The third-order valence-electron chi connectivity index (χ3n) is 1.99. The van der Waals surface area contributed by atoms with E-state index in [0.29, 0.717) is 0 Å². The van der Waals surface area contributed by atoms with Crippen molar-refractivity contribution in [2.45, 2.75) is 13.3 Å². The third kappa shape index (κ3) is 2.50. The summed E-state index contributed by atoms with van der Waals surface area (Å²) in [4.78, 5) is 24.4. The maximum absolute atomic E-state index is 12.7. The predicted octanol–water partition coefficient (Wildman–Crippen LogP) is 1.69. The molecule has 1 rings (SSSR count). The summed E-state index contributed by atoms with van der Waals surface area (Å²) >= 11 is 0. The van der Waals surface area contributed by atoms with Gasteiger partial charge < -0.3 is 10.5 Å². The van der Waals surface area contributed by atoms with E-state index < -0.39 is 40.0 Å². The van der Waals surface area contributed by atoms with Crippen molar-refractivity contribution in [3.63, 3.8) is 0 Å². The largest absolute Gasteiger partial charge is 0.461 e. The van der Waals surface area contributed by atoms with Crippen LogP contribution in [0.5, 0.6) is 0 Å². The summed E-state index contributed by atoms with van der Waals surface area (Å²) in [6.45, 7) is 1.40. The average molecular weight is 261 g/mol. The lowest BCUT2D eigenvalue weighted by Crippen LogP contribution is -2.14. The van der Waals surface area contributed by atoms with Crippen molar-refractivity contribution in [3.8, 4) is 0 Å². The van der Waals surface area contributed by atoms with Crippen molar-refractivity contribution in [1.29, 1.82) is 0 Å². The molecule has 0 saturated heterocycles. The highest BCUT2D eigenvalue weighted by Gasteiger charge is 2.33. The van der Waals surface area contributed by atoms with Gasteiger partial charge in [0.05, 0.1) is 23.4 Å². The molecular weight excluding hydrogens is 252 g/mol. The molecule has 7 nitrogen and oxygen atoms in total. The molecule has 0 bridgehead atoms. The number of hydrogen-bond acceptors (Lipinski definition) is 6. The summed E-state index contributed by atoms with van der Waals surface area (Å²) in [5.41, 5.74) is 1.72. The summed E-state index contributed by atoms with van der Waals surface area (Å²) in [7, 11) is 0. The van der Waals surface area contributed by atoms with Crippen LogP contribution in [0.4, 0.5) is 20.2 Å². The second-order valence-corrected chi connectivity index (χ2v) is 3.10. The van der Waals surface area contributed by atoms with Crippen LogP contribution in [0.3, 0.4) is 0 Å². The minimum atomic E-state index is -3.19. The van der Waals surface area contributed by atoms with Gasteiger partial charge in [0.15, 0.2) is 0 Å². The van der Waals surface area contributed by atoms with Crippen LogP contribution in [0.25, 0.3) is 0 Å². The zero-order chi connectivity index (χ0) is 13.9. The number of nitrogens with two attached hydrogens (primary N) is 1. The van der Waals surface area contributed by atoms with E-state index in [9.17, 15) is 23.7 Å². The minimum Gasteiger partial charge on any atom is -0.461 e. The van der Waals surface area contributed by atoms with Crippen LogP contribution < -0.4 is 5.73 Å². The summed E-state index contributed by atoms with van der Waals surface area (Å²) in [5, 5.41) is 10.8. The normalized spacial score (nSPS) is 10.4. The number of nitrogen functional groups attached to an aromatic ring is 1. The number of rotatable bonds is 4. The zero-order valence-electron chi connectivity index (χ0n) is 9.22. The van der Waals surface area contributed by atoms with Crippen LogP contribution in [-0.2, 0) is 4.74 Å². The van der Waals surface area contributed by atoms with Crippen LogP contribution >= 0.6 is 0 Å². The van der Waals surface area contributed by atoms with E-state index in [4.69, 9.17) is 5.73 Å². The Kier molecular flexibility index (Phi) is 4.08. The maximum Gasteiger partial charge on any atom is 0.364 e. The van der Waals surface area contributed by atoms with Gasteiger partial charge in [-0.25, -0.2) is 18.6 Å². The summed E-state index contributed by atoms with van der Waals surface area (Å²) in [6, 6.07) is 0. The Labute approximate surface area is 99.7 Å². The van der Waals surface area contributed by atoms with Crippen molar-refractivity contribution in [3.05, 3.63) is 27.6 Å². The SMILES string of the molecule is CCOC(=O)c1ncc(N)c(C(F)F)c1[N+](=O)[O-]. The first-order valence-electron chi connectivity index (χ1n) is 4.78. The van der Waals surface area contributed by atoms with E-state index in [-0.39, 0.29) is 6.61 Å². The molecule has 0 fully saturated rings. The number of hydrogen-bond donors (Lipinski definition) is 1. The number of esters is 1. The third-order valence-corrected chi connectivity index (χ3v) is 1.99. The highest BCUT2D eigenvalue weighted by Crippen LogP contribution is 2.35. The van der Waals surface area contributed by atoms with E-state index >= 15 is 0 Å².